The predicted molar refractivity (Wildman–Crippen MR) is 172 cm³/mol. The smallest absolute Gasteiger partial charge is 0.250 e. The van der Waals surface area contributed by atoms with E-state index in [1.165, 1.54) is 12.7 Å². The molecule has 4 aromatic heterocycles. The second kappa shape index (κ2) is 11.4. The van der Waals surface area contributed by atoms with Crippen LogP contribution in [0.25, 0.3) is 16.7 Å². The van der Waals surface area contributed by atoms with Gasteiger partial charge in [-0.25, -0.2) is 24.5 Å². The topological polar surface area (TPSA) is 126 Å². The van der Waals surface area contributed by atoms with Crippen LogP contribution >= 0.6 is 0 Å². The number of benzene rings is 1. The van der Waals surface area contributed by atoms with Crippen molar-refractivity contribution >= 4 is 39.9 Å². The van der Waals surface area contributed by atoms with E-state index in [0.29, 0.717) is 65.5 Å². The predicted octanol–water partition coefficient (Wildman–Crippen LogP) is 4.44. The maximum absolute atomic E-state index is 13.2. The summed E-state index contributed by atoms with van der Waals surface area (Å²) in [4.78, 5) is 37.6. The van der Waals surface area contributed by atoms with Crippen LogP contribution in [0, 0.1) is 6.92 Å². The number of likely N-dealkylation sites (tertiary alicyclic amines) is 1. The van der Waals surface area contributed by atoms with Crippen molar-refractivity contribution in [3.05, 3.63) is 84.9 Å². The minimum Gasteiger partial charge on any atom is -0.459 e. The van der Waals surface area contributed by atoms with E-state index in [2.05, 4.69) is 42.2 Å². The van der Waals surface area contributed by atoms with Gasteiger partial charge in [-0.3, -0.25) is 9.69 Å². The fourth-order valence-corrected chi connectivity index (χ4v) is 6.18. The molecule has 1 aromatic carbocycles. The summed E-state index contributed by atoms with van der Waals surface area (Å²) >= 11 is 0. The Hall–Kier alpha value is -5.56. The molecular weight excluding hydrogens is 584 g/mol. The number of hydrogen-bond donors (Lipinski definition) is 1. The number of carbonyl (C=O) groups excluding carboxylic acids is 1. The minimum atomic E-state index is -0.0284. The van der Waals surface area contributed by atoms with Crippen LogP contribution in [0.1, 0.15) is 18.4 Å². The van der Waals surface area contributed by atoms with Crippen molar-refractivity contribution in [2.24, 2.45) is 0 Å². The van der Waals surface area contributed by atoms with Gasteiger partial charge in [0, 0.05) is 49.2 Å². The summed E-state index contributed by atoms with van der Waals surface area (Å²) in [5, 5.41) is 7.54. The van der Waals surface area contributed by atoms with Crippen LogP contribution in [0.5, 0.6) is 17.2 Å². The molecule has 0 saturated carbocycles. The average Bonchev–Trinajstić information content (AvgIpc) is 3.68. The number of rotatable bonds is 6. The molecule has 2 fully saturated rings. The van der Waals surface area contributed by atoms with Gasteiger partial charge < -0.3 is 24.6 Å². The zero-order valence-corrected chi connectivity index (χ0v) is 25.5. The highest BCUT2D eigenvalue weighted by Gasteiger charge is 2.31. The fraction of sp³-hybridized carbons (Fsp3) is 0.273. The molecule has 0 unspecified atom stereocenters. The van der Waals surface area contributed by atoms with Crippen molar-refractivity contribution in [3.8, 4) is 17.2 Å². The van der Waals surface area contributed by atoms with Crippen LogP contribution in [0.2, 0.25) is 0 Å². The van der Waals surface area contributed by atoms with Gasteiger partial charge in [0.15, 0.2) is 23.0 Å². The van der Waals surface area contributed by atoms with E-state index in [4.69, 9.17) is 14.5 Å². The third kappa shape index (κ3) is 5.24. The molecule has 1 amide bonds. The normalized spacial score (nSPS) is 18.0. The van der Waals surface area contributed by atoms with E-state index < -0.39 is 0 Å². The number of hydrogen-bond acceptors (Lipinski definition) is 11. The van der Waals surface area contributed by atoms with Crippen LogP contribution in [-0.2, 0) is 4.79 Å². The maximum atomic E-state index is 13.2. The molecule has 0 spiro atoms. The minimum absolute atomic E-state index is 0.0284. The van der Waals surface area contributed by atoms with Crippen molar-refractivity contribution in [1.82, 2.24) is 39.3 Å². The maximum Gasteiger partial charge on any atom is 0.250 e. The molecule has 13 heteroatoms. The van der Waals surface area contributed by atoms with E-state index in [-0.39, 0.29) is 5.91 Å². The van der Waals surface area contributed by atoms with Gasteiger partial charge in [0.05, 0.1) is 17.8 Å². The molecule has 3 aliphatic heterocycles. The first-order valence-electron chi connectivity index (χ1n) is 15.3. The zero-order chi connectivity index (χ0) is 31.2. The number of aromatic nitrogens is 6. The Bertz CT molecular complexity index is 2040. The van der Waals surface area contributed by atoms with Crippen LogP contribution < -0.4 is 19.7 Å². The Labute approximate surface area is 264 Å². The van der Waals surface area contributed by atoms with Crippen LogP contribution in [-0.4, -0.2) is 84.5 Å². The van der Waals surface area contributed by atoms with Gasteiger partial charge in [0.1, 0.15) is 35.9 Å². The molecule has 1 atom stereocenters. The summed E-state index contributed by atoms with van der Waals surface area (Å²) in [6.07, 6.45) is 12.5. The second-order valence-electron chi connectivity index (χ2n) is 11.7. The Morgan fingerprint density at radius 1 is 1.09 bits per heavy atom. The highest BCUT2D eigenvalue weighted by atomic mass is 16.5. The summed E-state index contributed by atoms with van der Waals surface area (Å²) in [7, 11) is 2.10. The molecule has 5 aromatic rings. The number of amides is 1. The van der Waals surface area contributed by atoms with Gasteiger partial charge in [-0.1, -0.05) is 6.08 Å². The molecule has 2 saturated heterocycles. The highest BCUT2D eigenvalue weighted by Crippen LogP contribution is 2.37. The molecule has 232 valence electrons. The summed E-state index contributed by atoms with van der Waals surface area (Å²) in [6, 6.07) is 11.7. The third-order valence-corrected chi connectivity index (χ3v) is 8.69. The molecule has 8 rings (SSSR count). The lowest BCUT2D eigenvalue weighted by Crippen LogP contribution is -2.46. The molecule has 13 nitrogen and oxygen atoms in total. The van der Waals surface area contributed by atoms with E-state index in [1.807, 2.05) is 55.6 Å². The molecule has 3 aliphatic rings. The van der Waals surface area contributed by atoms with E-state index in [1.54, 1.807) is 21.8 Å². The van der Waals surface area contributed by atoms with Gasteiger partial charge >= 0.3 is 0 Å². The summed E-state index contributed by atoms with van der Waals surface area (Å²) < 4.78 is 13.9. The Morgan fingerprint density at radius 2 is 2.02 bits per heavy atom. The van der Waals surface area contributed by atoms with Crippen molar-refractivity contribution in [3.63, 3.8) is 0 Å². The Morgan fingerprint density at radius 3 is 2.89 bits per heavy atom. The van der Waals surface area contributed by atoms with Crippen LogP contribution in [0.3, 0.4) is 0 Å². The summed E-state index contributed by atoms with van der Waals surface area (Å²) in [5.41, 5.74) is 4.54. The van der Waals surface area contributed by atoms with Gasteiger partial charge in [-0.05, 0) is 63.2 Å². The van der Waals surface area contributed by atoms with Crippen LogP contribution in [0.4, 0.5) is 17.3 Å². The first-order valence-corrected chi connectivity index (χ1v) is 15.3. The third-order valence-electron chi connectivity index (χ3n) is 8.69. The number of pyridine rings is 2. The van der Waals surface area contributed by atoms with Gasteiger partial charge in [0.2, 0.25) is 0 Å². The van der Waals surface area contributed by atoms with Crippen LogP contribution in [0.15, 0.2) is 79.4 Å². The summed E-state index contributed by atoms with van der Waals surface area (Å²) in [5.74, 6) is 3.23. The number of ether oxygens (including phenoxy) is 2. The van der Waals surface area contributed by atoms with Gasteiger partial charge in [-0.15, -0.1) is 0 Å². The molecule has 1 N–H and O–H groups in total. The molecule has 0 aliphatic carbocycles. The lowest BCUT2D eigenvalue weighted by Gasteiger charge is -2.35. The van der Waals surface area contributed by atoms with Gasteiger partial charge in [-0.2, -0.15) is 5.10 Å². The monoisotopic (exact) mass is 616 g/mol. The van der Waals surface area contributed by atoms with Gasteiger partial charge in [0.25, 0.3) is 5.91 Å². The van der Waals surface area contributed by atoms with Crippen molar-refractivity contribution in [2.45, 2.75) is 25.8 Å². The average molecular weight is 617 g/mol. The van der Waals surface area contributed by atoms with E-state index in [0.717, 1.165) is 42.1 Å². The number of aryl methyl sites for hydroxylation is 1. The quantitative estimate of drug-likeness (QED) is 0.272. The number of nitrogens with one attached hydrogen (secondary N) is 1. The lowest BCUT2D eigenvalue weighted by atomic mass is 10.2. The molecular formula is C33H32N10O3. The van der Waals surface area contributed by atoms with Crippen molar-refractivity contribution in [2.75, 3.05) is 43.4 Å². The molecule has 2 bridgehead atoms. The molecule has 46 heavy (non-hydrogen) atoms. The first-order chi connectivity index (χ1) is 22.5. The Kier molecular flexibility index (Phi) is 6.94. The zero-order valence-electron chi connectivity index (χ0n) is 25.5. The SMILES string of the molecule is Cc1cc(Nc2ncnc3cc4c(nc23)N2CCN(C(=O)/C=C/[C@H]3CCCN3C)C(=CO4)C2)ccc1Oc1ccn2ncnc2c1. The fourth-order valence-electron chi connectivity index (χ4n) is 6.18. The Balaban J connectivity index is 1.01. The number of fused-ring (bicyclic) bond motifs is 6. The number of carbonyl (C=O) groups is 1. The van der Waals surface area contributed by atoms with Crippen molar-refractivity contribution < 1.29 is 14.3 Å². The number of likely N-dealkylation sites (N-methyl/N-ethyl adjacent to an activating group) is 1. The van der Waals surface area contributed by atoms with E-state index in [9.17, 15) is 4.79 Å². The number of nitrogens with zero attached hydrogens (tertiary/aromatic N) is 9. The largest absolute Gasteiger partial charge is 0.459 e. The second-order valence-corrected chi connectivity index (χ2v) is 11.7. The molecule has 0 radical (unpaired) electrons. The van der Waals surface area contributed by atoms with Crippen molar-refractivity contribution in [1.29, 1.82) is 0 Å². The highest BCUT2D eigenvalue weighted by molar-refractivity contribution is 5.91. The molecule has 7 heterocycles. The number of anilines is 3. The summed E-state index contributed by atoms with van der Waals surface area (Å²) in [6.45, 7) is 4.72. The first kappa shape index (κ1) is 28.0. The van der Waals surface area contributed by atoms with E-state index >= 15 is 0 Å². The number of piperazine rings is 1. The lowest BCUT2D eigenvalue weighted by molar-refractivity contribution is -0.124. The standard InChI is InChI=1S/C33H32N10O3/c1-21-14-22(5-7-27(21)46-25-9-11-43-29(15-25)35-20-37-43)38-32-31-26(34-19-36-32)16-28-33(39-31)41-12-13-42(24(17-41)18-45-28)30(44)8-6-23-4-3-10-40(23)2/h5-9,11,14-16,18-20,23H,3-4,10,12-13,17H2,1-2H3,(H,34,36,38)/b8-6+/t23-/m1/s1.